The number of fused-ring (bicyclic) bond motifs is 1. The topological polar surface area (TPSA) is 120 Å². The van der Waals surface area contributed by atoms with Crippen molar-refractivity contribution in [1.29, 1.82) is 5.26 Å². The van der Waals surface area contributed by atoms with E-state index in [1.807, 2.05) is 12.3 Å². The van der Waals surface area contributed by atoms with E-state index in [-0.39, 0.29) is 31.1 Å². The maximum atomic E-state index is 14.8. The molecule has 4 aromatic rings. The van der Waals surface area contributed by atoms with Gasteiger partial charge in [-0.05, 0) is 24.5 Å². The number of rotatable bonds is 5. The van der Waals surface area contributed by atoms with E-state index >= 15 is 0 Å². The third kappa shape index (κ3) is 4.56. The molecule has 10 nitrogen and oxygen atoms in total. The number of carbonyl (C=O) groups is 1. The molecule has 0 aromatic carbocycles. The summed E-state index contributed by atoms with van der Waals surface area (Å²) in [5.41, 5.74) is -0.308. The highest BCUT2D eigenvalue weighted by atomic mass is 19.4. The maximum Gasteiger partial charge on any atom is 0.436 e. The highest BCUT2D eigenvalue weighted by molar-refractivity contribution is 5.94. The first-order chi connectivity index (χ1) is 19.2. The number of hydrogen-bond donors (Lipinski definition) is 1. The summed E-state index contributed by atoms with van der Waals surface area (Å²) in [7, 11) is 0. The van der Waals surface area contributed by atoms with Gasteiger partial charge in [0.15, 0.2) is 11.5 Å². The third-order valence-corrected chi connectivity index (χ3v) is 7.62. The summed E-state index contributed by atoms with van der Waals surface area (Å²) in [6, 6.07) is 4.62. The van der Waals surface area contributed by atoms with Crippen molar-refractivity contribution in [1.82, 2.24) is 39.5 Å². The maximum absolute atomic E-state index is 14.8. The Morgan fingerprint density at radius 3 is 2.75 bits per heavy atom. The third-order valence-electron chi connectivity index (χ3n) is 7.62. The smallest absolute Gasteiger partial charge is 0.346 e. The van der Waals surface area contributed by atoms with E-state index < -0.39 is 29.2 Å². The number of carbonyl (C=O) groups excluding carboxylic acids is 1. The lowest BCUT2D eigenvalue weighted by molar-refractivity contribution is -0.143. The van der Waals surface area contributed by atoms with Crippen LogP contribution in [0.25, 0.3) is 22.3 Å². The molecule has 4 aromatic heterocycles. The number of nitrogens with zero attached hydrogens (tertiary/aromatic N) is 8. The van der Waals surface area contributed by atoms with Gasteiger partial charge >= 0.3 is 6.18 Å². The van der Waals surface area contributed by atoms with Crippen molar-refractivity contribution >= 4 is 16.9 Å². The average molecular weight is 554 g/mol. The molecule has 0 radical (unpaired) electrons. The van der Waals surface area contributed by atoms with Gasteiger partial charge in [-0.15, -0.1) is 0 Å². The van der Waals surface area contributed by atoms with Crippen LogP contribution >= 0.6 is 0 Å². The van der Waals surface area contributed by atoms with Gasteiger partial charge in [-0.2, -0.15) is 23.5 Å². The van der Waals surface area contributed by atoms with E-state index in [2.05, 4.69) is 36.0 Å². The van der Waals surface area contributed by atoms with Crippen LogP contribution in [0.1, 0.15) is 34.9 Å². The minimum Gasteiger partial charge on any atom is -0.346 e. The molecule has 2 fully saturated rings. The Kier molecular flexibility index (Phi) is 6.46. The lowest BCUT2D eigenvalue weighted by atomic mass is 9.89. The van der Waals surface area contributed by atoms with Gasteiger partial charge in [0.2, 0.25) is 0 Å². The minimum atomic E-state index is -5.02. The first-order valence-electron chi connectivity index (χ1n) is 12.7. The molecule has 2 atom stereocenters. The second-order valence-electron chi connectivity index (χ2n) is 10.0. The number of alkyl halides is 3. The van der Waals surface area contributed by atoms with Crippen LogP contribution in [0.2, 0.25) is 0 Å². The average Bonchev–Trinajstić information content (AvgIpc) is 3.59. The van der Waals surface area contributed by atoms with Crippen LogP contribution in [-0.4, -0.2) is 77.6 Å². The van der Waals surface area contributed by atoms with Crippen LogP contribution in [-0.2, 0) is 6.18 Å². The zero-order chi connectivity index (χ0) is 28.0. The highest BCUT2D eigenvalue weighted by Gasteiger charge is 2.43. The monoisotopic (exact) mass is 553 g/mol. The number of likely N-dealkylation sites (tertiary alicyclic amines) is 2. The van der Waals surface area contributed by atoms with Crippen molar-refractivity contribution in [2.75, 3.05) is 26.2 Å². The van der Waals surface area contributed by atoms with E-state index in [0.717, 1.165) is 36.3 Å². The Bertz CT molecular complexity index is 1600. The van der Waals surface area contributed by atoms with Crippen molar-refractivity contribution in [2.45, 2.75) is 31.1 Å². The Balaban J connectivity index is 1.30. The molecule has 40 heavy (non-hydrogen) atoms. The van der Waals surface area contributed by atoms with Gasteiger partial charge in [0.05, 0.1) is 29.6 Å². The second-order valence-corrected chi connectivity index (χ2v) is 10.0. The van der Waals surface area contributed by atoms with Crippen molar-refractivity contribution < 1.29 is 22.4 Å². The Hall–Kier alpha value is -4.38. The molecular formula is C26H23F4N9O. The highest BCUT2D eigenvalue weighted by Crippen LogP contribution is 2.35. The van der Waals surface area contributed by atoms with E-state index in [0.29, 0.717) is 24.2 Å². The minimum absolute atomic E-state index is 0.0440. The van der Waals surface area contributed by atoms with Crippen LogP contribution < -0.4 is 0 Å². The number of amides is 1. The summed E-state index contributed by atoms with van der Waals surface area (Å²) < 4.78 is 56.2. The molecule has 2 saturated heterocycles. The number of H-pyrrole nitrogens is 1. The summed E-state index contributed by atoms with van der Waals surface area (Å²) in [4.78, 5) is 31.7. The van der Waals surface area contributed by atoms with Crippen molar-refractivity contribution in [3.05, 3.63) is 60.3 Å². The van der Waals surface area contributed by atoms with Gasteiger partial charge in [-0.25, -0.2) is 19.3 Å². The van der Waals surface area contributed by atoms with E-state index in [9.17, 15) is 22.4 Å². The van der Waals surface area contributed by atoms with E-state index in [1.165, 1.54) is 11.2 Å². The Morgan fingerprint density at radius 2 is 1.98 bits per heavy atom. The number of aromatic amines is 1. The number of aromatic nitrogens is 6. The molecule has 0 saturated carbocycles. The van der Waals surface area contributed by atoms with E-state index in [1.54, 1.807) is 17.1 Å². The van der Waals surface area contributed by atoms with Gasteiger partial charge in [0, 0.05) is 68.2 Å². The summed E-state index contributed by atoms with van der Waals surface area (Å²) in [6.07, 6.45) is 3.42. The molecule has 14 heteroatoms. The zero-order valence-electron chi connectivity index (χ0n) is 21.0. The molecule has 1 N–H and O–H groups in total. The molecule has 2 aliphatic heterocycles. The molecule has 6 heterocycles. The van der Waals surface area contributed by atoms with Gasteiger partial charge in [-0.1, -0.05) is 0 Å². The molecule has 0 spiro atoms. The van der Waals surface area contributed by atoms with Gasteiger partial charge in [-0.3, -0.25) is 14.4 Å². The molecule has 6 rings (SSSR count). The van der Waals surface area contributed by atoms with Crippen LogP contribution in [0.3, 0.4) is 0 Å². The van der Waals surface area contributed by atoms with Crippen molar-refractivity contribution in [3.8, 4) is 17.3 Å². The van der Waals surface area contributed by atoms with Crippen LogP contribution in [0.4, 0.5) is 17.6 Å². The predicted molar refractivity (Wildman–Crippen MR) is 133 cm³/mol. The SMILES string of the molecule is N#CCC1CN(C2CCN(C(=O)c3ccnc(C(F)(F)F)c3F)CC2n2cc(-c3ncnc4[nH]ccc34)cn2)C1. The number of nitriles is 1. The molecule has 2 aliphatic rings. The number of halogens is 4. The predicted octanol–water partition coefficient (Wildman–Crippen LogP) is 3.68. The fourth-order valence-corrected chi connectivity index (χ4v) is 5.65. The normalized spacial score (nSPS) is 20.4. The van der Waals surface area contributed by atoms with Crippen LogP contribution in [0.5, 0.6) is 0 Å². The van der Waals surface area contributed by atoms with Gasteiger partial charge in [0.25, 0.3) is 5.91 Å². The van der Waals surface area contributed by atoms with Crippen LogP contribution in [0, 0.1) is 23.1 Å². The molecule has 1 amide bonds. The zero-order valence-corrected chi connectivity index (χ0v) is 21.0. The van der Waals surface area contributed by atoms with Crippen LogP contribution in [0.15, 0.2) is 43.2 Å². The van der Waals surface area contributed by atoms with E-state index in [4.69, 9.17) is 5.26 Å². The lowest BCUT2D eigenvalue weighted by Crippen LogP contribution is -2.59. The van der Waals surface area contributed by atoms with Crippen molar-refractivity contribution in [2.24, 2.45) is 5.92 Å². The first kappa shape index (κ1) is 25.9. The van der Waals surface area contributed by atoms with Gasteiger partial charge in [0.1, 0.15) is 12.0 Å². The van der Waals surface area contributed by atoms with Gasteiger partial charge < -0.3 is 9.88 Å². The molecule has 0 bridgehead atoms. The fraction of sp³-hybridized carbons (Fsp3) is 0.385. The number of pyridine rings is 1. The lowest BCUT2D eigenvalue weighted by Gasteiger charge is -2.50. The molecule has 0 aliphatic carbocycles. The fourth-order valence-electron chi connectivity index (χ4n) is 5.65. The summed E-state index contributed by atoms with van der Waals surface area (Å²) in [5.74, 6) is -2.26. The molecule has 206 valence electrons. The summed E-state index contributed by atoms with van der Waals surface area (Å²) in [6.45, 7) is 1.78. The second kappa shape index (κ2) is 9.98. The molecular weight excluding hydrogens is 530 g/mol. The number of nitrogens with one attached hydrogen (secondary N) is 1. The number of piperidine rings is 1. The summed E-state index contributed by atoms with van der Waals surface area (Å²) >= 11 is 0. The van der Waals surface area contributed by atoms with Crippen molar-refractivity contribution in [3.63, 3.8) is 0 Å². The number of hydrogen-bond acceptors (Lipinski definition) is 7. The first-order valence-corrected chi connectivity index (χ1v) is 12.7. The summed E-state index contributed by atoms with van der Waals surface area (Å²) in [5, 5.41) is 14.4. The standard InChI is InChI=1S/C26H23F4N9O/c27-21-17(2-6-32-23(21)26(28,29)30)25(40)37-8-4-19(38-10-15(11-38)1-5-31)20(13-37)39-12-16(9-36-39)22-18-3-7-33-24(18)35-14-34-22/h2-3,6-7,9,12,14-15,19-20H,1,4,8,10-11,13H2,(H,33,34,35). The Morgan fingerprint density at radius 1 is 1.15 bits per heavy atom. The quantitative estimate of drug-likeness (QED) is 0.375. The largest absolute Gasteiger partial charge is 0.436 e. The molecule has 2 unspecified atom stereocenters. The Labute approximate surface area is 225 Å².